The highest BCUT2D eigenvalue weighted by atomic mass is 16.3. The maximum absolute atomic E-state index is 5.60. The summed E-state index contributed by atoms with van der Waals surface area (Å²) in [5.74, 6) is 2.38. The lowest BCUT2D eigenvalue weighted by Crippen LogP contribution is -2.25. The van der Waals surface area contributed by atoms with E-state index in [0.717, 1.165) is 35.5 Å². The first-order valence-corrected chi connectivity index (χ1v) is 7.31. The van der Waals surface area contributed by atoms with Gasteiger partial charge in [-0.3, -0.25) is 4.90 Å². The molecule has 0 aliphatic carbocycles. The zero-order valence-corrected chi connectivity index (χ0v) is 11.5. The molecule has 3 heterocycles. The first-order valence-electron chi connectivity index (χ1n) is 7.31. The molecule has 4 heteroatoms. The van der Waals surface area contributed by atoms with Gasteiger partial charge in [0.25, 0.3) is 0 Å². The number of aromatic nitrogens is 1. The number of hydrogen-bond acceptors (Lipinski definition) is 4. The Labute approximate surface area is 118 Å². The lowest BCUT2D eigenvalue weighted by atomic mass is 10.0. The monoisotopic (exact) mass is 269 g/mol. The van der Waals surface area contributed by atoms with Crippen LogP contribution in [0.25, 0.3) is 11.5 Å². The van der Waals surface area contributed by atoms with E-state index in [9.17, 15) is 0 Å². The van der Waals surface area contributed by atoms with Crippen LogP contribution in [0.15, 0.2) is 41.0 Å². The third kappa shape index (κ3) is 2.25. The number of likely N-dealkylation sites (tertiary alicyclic amines) is 1. The molecule has 2 saturated heterocycles. The standard InChI is InChI=1S/C16H19N3O/c1-2-4-12(5-3-1)16-18-15(11-20-16)10-19-8-13-6-17-7-14(13)9-19/h1-5,11,13-14,17H,6-10H2/t13-,14+. The highest BCUT2D eigenvalue weighted by molar-refractivity contribution is 5.52. The first kappa shape index (κ1) is 12.1. The fraction of sp³-hybridized carbons (Fsp3) is 0.438. The fourth-order valence-electron chi connectivity index (χ4n) is 3.40. The van der Waals surface area contributed by atoms with Crippen molar-refractivity contribution in [3.8, 4) is 11.5 Å². The van der Waals surface area contributed by atoms with Crippen molar-refractivity contribution in [1.82, 2.24) is 15.2 Å². The molecule has 4 nitrogen and oxygen atoms in total. The Hall–Kier alpha value is -1.65. The Kier molecular flexibility index (Phi) is 3.05. The van der Waals surface area contributed by atoms with Crippen molar-refractivity contribution in [2.75, 3.05) is 26.2 Å². The second kappa shape index (κ2) is 5.04. The van der Waals surface area contributed by atoms with E-state index in [-0.39, 0.29) is 0 Å². The van der Waals surface area contributed by atoms with Crippen molar-refractivity contribution in [1.29, 1.82) is 0 Å². The number of nitrogens with zero attached hydrogens (tertiary/aromatic N) is 2. The second-order valence-electron chi connectivity index (χ2n) is 5.88. The quantitative estimate of drug-likeness (QED) is 0.925. The van der Waals surface area contributed by atoms with E-state index in [0.29, 0.717) is 0 Å². The minimum Gasteiger partial charge on any atom is -0.444 e. The van der Waals surface area contributed by atoms with Gasteiger partial charge in [-0.05, 0) is 37.1 Å². The van der Waals surface area contributed by atoms with Gasteiger partial charge in [-0.25, -0.2) is 4.98 Å². The molecule has 0 radical (unpaired) electrons. The molecule has 20 heavy (non-hydrogen) atoms. The van der Waals surface area contributed by atoms with Gasteiger partial charge in [-0.1, -0.05) is 18.2 Å². The van der Waals surface area contributed by atoms with Gasteiger partial charge < -0.3 is 9.73 Å². The molecule has 2 fully saturated rings. The molecule has 2 aliphatic heterocycles. The molecule has 1 N–H and O–H groups in total. The molecular formula is C16H19N3O. The molecule has 2 aromatic rings. The van der Waals surface area contributed by atoms with Crippen molar-refractivity contribution in [2.24, 2.45) is 11.8 Å². The van der Waals surface area contributed by atoms with Crippen molar-refractivity contribution in [3.63, 3.8) is 0 Å². The third-order valence-electron chi connectivity index (χ3n) is 4.42. The van der Waals surface area contributed by atoms with Crippen LogP contribution < -0.4 is 5.32 Å². The van der Waals surface area contributed by atoms with Crippen LogP contribution >= 0.6 is 0 Å². The Morgan fingerprint density at radius 3 is 2.65 bits per heavy atom. The Morgan fingerprint density at radius 2 is 1.90 bits per heavy atom. The molecule has 0 spiro atoms. The topological polar surface area (TPSA) is 41.3 Å². The van der Waals surface area contributed by atoms with E-state index in [4.69, 9.17) is 4.42 Å². The number of oxazole rings is 1. The molecule has 0 unspecified atom stereocenters. The average Bonchev–Trinajstić information content (AvgIpc) is 3.16. The number of nitrogens with one attached hydrogen (secondary N) is 1. The highest BCUT2D eigenvalue weighted by Gasteiger charge is 2.36. The SMILES string of the molecule is c1ccc(-c2nc(CN3C[C@H]4CNC[C@H]4C3)co2)cc1. The zero-order chi connectivity index (χ0) is 13.4. The molecule has 2 aliphatic rings. The maximum atomic E-state index is 5.60. The largest absolute Gasteiger partial charge is 0.444 e. The normalized spacial score (nSPS) is 26.0. The Morgan fingerprint density at radius 1 is 1.15 bits per heavy atom. The summed E-state index contributed by atoms with van der Waals surface area (Å²) in [5.41, 5.74) is 2.08. The summed E-state index contributed by atoms with van der Waals surface area (Å²) in [4.78, 5) is 7.12. The summed E-state index contributed by atoms with van der Waals surface area (Å²) < 4.78 is 5.60. The van der Waals surface area contributed by atoms with Gasteiger partial charge in [-0.2, -0.15) is 0 Å². The molecule has 0 amide bonds. The summed E-state index contributed by atoms with van der Waals surface area (Å²) in [6.45, 7) is 5.63. The van der Waals surface area contributed by atoms with Gasteiger partial charge in [0.05, 0.1) is 5.69 Å². The summed E-state index contributed by atoms with van der Waals surface area (Å²) in [6, 6.07) is 10.1. The molecule has 0 bridgehead atoms. The van der Waals surface area contributed by atoms with Crippen molar-refractivity contribution < 1.29 is 4.42 Å². The van der Waals surface area contributed by atoms with E-state index in [1.165, 1.54) is 26.2 Å². The number of fused-ring (bicyclic) bond motifs is 1. The maximum Gasteiger partial charge on any atom is 0.226 e. The molecular weight excluding hydrogens is 250 g/mol. The lowest BCUT2D eigenvalue weighted by Gasteiger charge is -2.14. The molecule has 104 valence electrons. The van der Waals surface area contributed by atoms with E-state index in [2.05, 4.69) is 15.2 Å². The number of rotatable bonds is 3. The van der Waals surface area contributed by atoms with Crippen LogP contribution in [0.2, 0.25) is 0 Å². The van der Waals surface area contributed by atoms with Gasteiger partial charge >= 0.3 is 0 Å². The van der Waals surface area contributed by atoms with Crippen LogP contribution in [0.1, 0.15) is 5.69 Å². The smallest absolute Gasteiger partial charge is 0.226 e. The first-order chi connectivity index (χ1) is 9.88. The molecule has 2 atom stereocenters. The van der Waals surface area contributed by atoms with Crippen molar-refractivity contribution in [2.45, 2.75) is 6.54 Å². The van der Waals surface area contributed by atoms with Gasteiger partial charge in [0, 0.05) is 25.2 Å². The van der Waals surface area contributed by atoms with E-state index in [1.54, 1.807) is 6.26 Å². The summed E-state index contributed by atoms with van der Waals surface area (Å²) >= 11 is 0. The summed E-state index contributed by atoms with van der Waals surface area (Å²) in [6.07, 6.45) is 1.80. The van der Waals surface area contributed by atoms with E-state index < -0.39 is 0 Å². The van der Waals surface area contributed by atoms with Gasteiger partial charge in [0.15, 0.2) is 0 Å². The highest BCUT2D eigenvalue weighted by Crippen LogP contribution is 2.27. The molecule has 0 saturated carbocycles. The van der Waals surface area contributed by atoms with Crippen LogP contribution in [0.5, 0.6) is 0 Å². The van der Waals surface area contributed by atoms with E-state index >= 15 is 0 Å². The van der Waals surface area contributed by atoms with Crippen LogP contribution in [-0.2, 0) is 6.54 Å². The summed E-state index contributed by atoms with van der Waals surface area (Å²) in [5, 5.41) is 3.47. The second-order valence-corrected chi connectivity index (χ2v) is 5.88. The average molecular weight is 269 g/mol. The predicted octanol–water partition coefficient (Wildman–Crippen LogP) is 1.99. The van der Waals surface area contributed by atoms with Crippen molar-refractivity contribution >= 4 is 0 Å². The van der Waals surface area contributed by atoms with Crippen molar-refractivity contribution in [3.05, 3.63) is 42.3 Å². The van der Waals surface area contributed by atoms with Crippen LogP contribution in [0.4, 0.5) is 0 Å². The minimum absolute atomic E-state index is 0.724. The number of benzene rings is 1. The van der Waals surface area contributed by atoms with E-state index in [1.807, 2.05) is 30.3 Å². The Balaban J connectivity index is 1.44. The summed E-state index contributed by atoms with van der Waals surface area (Å²) in [7, 11) is 0. The number of hydrogen-bond donors (Lipinski definition) is 1. The minimum atomic E-state index is 0.724. The fourth-order valence-corrected chi connectivity index (χ4v) is 3.40. The molecule has 1 aromatic carbocycles. The van der Waals surface area contributed by atoms with Gasteiger partial charge in [-0.15, -0.1) is 0 Å². The Bertz CT molecular complexity index is 568. The molecule has 1 aromatic heterocycles. The predicted molar refractivity (Wildman–Crippen MR) is 77.1 cm³/mol. The molecule has 4 rings (SSSR count). The van der Waals surface area contributed by atoms with Gasteiger partial charge in [0.1, 0.15) is 6.26 Å². The van der Waals surface area contributed by atoms with Crippen LogP contribution in [-0.4, -0.2) is 36.1 Å². The van der Waals surface area contributed by atoms with Gasteiger partial charge in [0.2, 0.25) is 5.89 Å². The van der Waals surface area contributed by atoms with Crippen LogP contribution in [0.3, 0.4) is 0 Å². The lowest BCUT2D eigenvalue weighted by molar-refractivity contribution is 0.302. The van der Waals surface area contributed by atoms with Crippen LogP contribution in [0, 0.1) is 11.8 Å². The zero-order valence-electron chi connectivity index (χ0n) is 11.5. The third-order valence-corrected chi connectivity index (χ3v) is 4.42.